The first kappa shape index (κ1) is 26.8. The van der Waals surface area contributed by atoms with Crippen LogP contribution in [-0.4, -0.2) is 102 Å². The average Bonchev–Trinajstić information content (AvgIpc) is 3.67. The van der Waals surface area contributed by atoms with Crippen LogP contribution >= 0.6 is 11.8 Å². The van der Waals surface area contributed by atoms with E-state index in [2.05, 4.69) is 20.8 Å². The Bertz CT molecular complexity index is 1140. The second-order valence-corrected chi connectivity index (χ2v) is 12.2. The number of hydrogen-bond acceptors (Lipinski definition) is 10. The van der Waals surface area contributed by atoms with Crippen LogP contribution in [0.15, 0.2) is 16.9 Å². The number of carbonyl (C=O) groups is 4. The van der Waals surface area contributed by atoms with Crippen LogP contribution in [0.1, 0.15) is 33.1 Å². The first-order chi connectivity index (χ1) is 18.2. The Morgan fingerprint density at radius 2 is 2.13 bits per heavy atom. The van der Waals surface area contributed by atoms with E-state index in [0.717, 1.165) is 13.0 Å². The minimum absolute atomic E-state index is 0.0196. The number of aliphatic carboxylic acids is 1. The van der Waals surface area contributed by atoms with Gasteiger partial charge >= 0.3 is 5.97 Å². The highest BCUT2D eigenvalue weighted by Gasteiger charge is 2.60. The number of ketones is 1. The fourth-order valence-corrected chi connectivity index (χ4v) is 7.84. The number of tetrazole rings is 1. The van der Waals surface area contributed by atoms with Crippen LogP contribution in [0.4, 0.5) is 0 Å². The van der Waals surface area contributed by atoms with E-state index in [-0.39, 0.29) is 65.4 Å². The molecule has 1 aromatic heterocycles. The zero-order valence-corrected chi connectivity index (χ0v) is 22.3. The lowest BCUT2D eigenvalue weighted by Gasteiger charge is -2.47. The van der Waals surface area contributed by atoms with Crippen molar-refractivity contribution in [3.05, 3.63) is 16.9 Å². The topological polar surface area (TPSA) is 177 Å². The standard InChI is InChI=1S/C24H34N8O5S/c1-12(5-15(33)10-31-11-27-28-29-31)18-19-13(2)21(20(24(36)37)32(19)23(18)35)38-16-6-17(26-8-16)22(34)30-4-3-14(7-25)9-30/h11-14,16-19,26H,3-10,25H2,1-2H3,(H,36,37)/t12-,13+,14-,16-,17-,18+,19-/m0/s1. The number of rotatable bonds is 10. The molecule has 0 radical (unpaired) electrons. The van der Waals surface area contributed by atoms with E-state index in [1.54, 1.807) is 0 Å². The minimum Gasteiger partial charge on any atom is -0.477 e. The number of carboxylic acids is 1. The molecule has 4 N–H and O–H groups in total. The van der Waals surface area contributed by atoms with Crippen molar-refractivity contribution < 1.29 is 24.3 Å². The molecule has 38 heavy (non-hydrogen) atoms. The van der Waals surface area contributed by atoms with Gasteiger partial charge < -0.3 is 26.0 Å². The predicted octanol–water partition coefficient (Wildman–Crippen LogP) is -0.688. The Morgan fingerprint density at radius 3 is 2.79 bits per heavy atom. The van der Waals surface area contributed by atoms with Gasteiger partial charge in [0.15, 0.2) is 5.78 Å². The number of Topliss-reactive ketones (excluding diaryl/α,β-unsaturated/α-hetero) is 1. The van der Waals surface area contributed by atoms with Gasteiger partial charge in [-0.25, -0.2) is 9.48 Å². The Hall–Kier alpha value is -2.84. The predicted molar refractivity (Wildman–Crippen MR) is 136 cm³/mol. The number of aromatic nitrogens is 4. The van der Waals surface area contributed by atoms with E-state index >= 15 is 0 Å². The Labute approximate surface area is 224 Å². The average molecular weight is 547 g/mol. The molecule has 4 aliphatic heterocycles. The maximum absolute atomic E-state index is 13.2. The van der Waals surface area contributed by atoms with E-state index in [9.17, 15) is 24.3 Å². The van der Waals surface area contributed by atoms with Crippen LogP contribution in [-0.2, 0) is 25.7 Å². The lowest BCUT2D eigenvalue weighted by atomic mass is 9.73. The highest BCUT2D eigenvalue weighted by atomic mass is 32.2. The number of nitrogens with zero attached hydrogens (tertiary/aromatic N) is 6. The summed E-state index contributed by atoms with van der Waals surface area (Å²) in [6, 6.07) is -0.594. The molecule has 5 heterocycles. The number of nitrogens with one attached hydrogen (secondary N) is 1. The summed E-state index contributed by atoms with van der Waals surface area (Å²) in [5.74, 6) is -1.90. The fraction of sp³-hybridized carbons (Fsp3) is 0.708. The molecule has 0 bridgehead atoms. The van der Waals surface area contributed by atoms with Crippen LogP contribution in [0.3, 0.4) is 0 Å². The van der Waals surface area contributed by atoms with Crippen molar-refractivity contribution in [1.29, 1.82) is 0 Å². The molecule has 0 unspecified atom stereocenters. The zero-order valence-electron chi connectivity index (χ0n) is 21.5. The molecule has 0 saturated carbocycles. The summed E-state index contributed by atoms with van der Waals surface area (Å²) in [7, 11) is 0. The third-order valence-electron chi connectivity index (χ3n) is 8.30. The van der Waals surface area contributed by atoms with Crippen molar-refractivity contribution in [3.8, 4) is 0 Å². The minimum atomic E-state index is -1.13. The second-order valence-electron chi connectivity index (χ2n) is 10.9. The smallest absolute Gasteiger partial charge is 0.353 e. The zero-order chi connectivity index (χ0) is 27.1. The summed E-state index contributed by atoms with van der Waals surface area (Å²) in [6.45, 7) is 6.41. The van der Waals surface area contributed by atoms with Crippen molar-refractivity contribution >= 4 is 35.3 Å². The number of carbonyl (C=O) groups excluding carboxylic acids is 3. The van der Waals surface area contributed by atoms with E-state index in [1.165, 1.54) is 27.7 Å². The molecule has 13 nitrogen and oxygen atoms in total. The van der Waals surface area contributed by atoms with Gasteiger partial charge in [0, 0.05) is 42.1 Å². The van der Waals surface area contributed by atoms with Crippen LogP contribution in [0.25, 0.3) is 0 Å². The van der Waals surface area contributed by atoms with Crippen molar-refractivity contribution in [2.75, 3.05) is 26.2 Å². The van der Waals surface area contributed by atoms with Gasteiger partial charge in [-0.05, 0) is 41.6 Å². The number of amides is 2. The largest absolute Gasteiger partial charge is 0.477 e. The van der Waals surface area contributed by atoms with E-state index < -0.39 is 11.9 Å². The molecular formula is C24H34N8O5S. The van der Waals surface area contributed by atoms with Crippen molar-refractivity contribution in [2.45, 2.75) is 57.0 Å². The van der Waals surface area contributed by atoms with Crippen molar-refractivity contribution in [1.82, 2.24) is 35.3 Å². The molecule has 4 aliphatic rings. The molecule has 2 amide bonds. The second kappa shape index (κ2) is 10.7. The molecule has 1 aromatic rings. The lowest BCUT2D eigenvalue weighted by molar-refractivity contribution is -0.160. The van der Waals surface area contributed by atoms with Crippen LogP contribution in [0, 0.1) is 23.7 Å². The van der Waals surface area contributed by atoms with E-state index in [4.69, 9.17) is 5.73 Å². The molecule has 5 rings (SSSR count). The Balaban J connectivity index is 1.22. The molecule has 3 saturated heterocycles. The number of carboxylic acid groups (broad SMARTS) is 1. The highest BCUT2D eigenvalue weighted by molar-refractivity contribution is 8.03. The molecule has 206 valence electrons. The van der Waals surface area contributed by atoms with Gasteiger partial charge in [-0.1, -0.05) is 13.8 Å². The first-order valence-corrected chi connectivity index (χ1v) is 14.0. The SMILES string of the molecule is C[C@@H](CC(=O)Cn1cnnn1)[C@H]1C(=O)N2C(C(=O)O)=C(S[C@@H]3CN[C@H](C(=O)N4CC[C@@H](CN)C4)C3)[C@H](C)[C@@H]12. The van der Waals surface area contributed by atoms with Gasteiger partial charge in [-0.2, -0.15) is 0 Å². The molecule has 14 heteroatoms. The molecular weight excluding hydrogens is 512 g/mol. The quantitative estimate of drug-likeness (QED) is 0.317. The molecule has 0 spiro atoms. The maximum Gasteiger partial charge on any atom is 0.353 e. The van der Waals surface area contributed by atoms with Crippen LogP contribution in [0.5, 0.6) is 0 Å². The fourth-order valence-electron chi connectivity index (χ4n) is 6.36. The number of fused-ring (bicyclic) bond motifs is 1. The van der Waals surface area contributed by atoms with E-state index in [1.807, 2.05) is 18.7 Å². The molecule has 0 aliphatic carbocycles. The third kappa shape index (κ3) is 4.84. The summed E-state index contributed by atoms with van der Waals surface area (Å²) >= 11 is 1.47. The first-order valence-electron chi connectivity index (χ1n) is 13.1. The van der Waals surface area contributed by atoms with Crippen molar-refractivity contribution in [3.63, 3.8) is 0 Å². The lowest BCUT2D eigenvalue weighted by Crippen LogP contribution is -2.62. The van der Waals surface area contributed by atoms with Gasteiger partial charge in [0.25, 0.3) is 0 Å². The summed E-state index contributed by atoms with van der Waals surface area (Å²) in [5.41, 5.74) is 5.81. The monoisotopic (exact) mass is 546 g/mol. The summed E-state index contributed by atoms with van der Waals surface area (Å²) in [4.78, 5) is 54.9. The molecule has 3 fully saturated rings. The summed E-state index contributed by atoms with van der Waals surface area (Å²) in [5, 5.41) is 24.1. The number of thioether (sulfide) groups is 1. The number of nitrogens with two attached hydrogens (primary N) is 1. The number of β-lactam (4-membered cyclic amide) rings is 1. The van der Waals surface area contributed by atoms with Crippen LogP contribution in [0.2, 0.25) is 0 Å². The van der Waals surface area contributed by atoms with Gasteiger partial charge in [-0.3, -0.25) is 14.4 Å². The third-order valence-corrected chi connectivity index (χ3v) is 9.81. The van der Waals surface area contributed by atoms with Gasteiger partial charge in [0.05, 0.1) is 18.0 Å². The Kier molecular flexibility index (Phi) is 7.56. The highest BCUT2D eigenvalue weighted by Crippen LogP contribution is 2.53. The molecule has 0 aromatic carbocycles. The Morgan fingerprint density at radius 1 is 1.34 bits per heavy atom. The summed E-state index contributed by atoms with van der Waals surface area (Å²) in [6.07, 6.45) is 3.06. The van der Waals surface area contributed by atoms with Gasteiger partial charge in [-0.15, -0.1) is 16.9 Å². The van der Waals surface area contributed by atoms with Crippen LogP contribution < -0.4 is 11.1 Å². The molecule has 7 atom stereocenters. The number of likely N-dealkylation sites (tertiary alicyclic amines) is 1. The number of hydrogen-bond donors (Lipinski definition) is 3. The van der Waals surface area contributed by atoms with Crippen molar-refractivity contribution in [2.24, 2.45) is 29.4 Å². The van der Waals surface area contributed by atoms with Gasteiger partial charge in [0.2, 0.25) is 11.8 Å². The normalized spacial score (nSPS) is 31.5. The maximum atomic E-state index is 13.2. The van der Waals surface area contributed by atoms with E-state index in [0.29, 0.717) is 36.9 Å². The summed E-state index contributed by atoms with van der Waals surface area (Å²) < 4.78 is 1.34. The van der Waals surface area contributed by atoms with Gasteiger partial charge in [0.1, 0.15) is 18.6 Å².